The summed E-state index contributed by atoms with van der Waals surface area (Å²) < 4.78 is 13.4. The minimum atomic E-state index is -0.608. The van der Waals surface area contributed by atoms with E-state index in [1.165, 1.54) is 0 Å². The average molecular weight is 278 g/mol. The molecule has 3 rings (SSSR count). The van der Waals surface area contributed by atoms with E-state index in [-0.39, 0.29) is 6.04 Å². The van der Waals surface area contributed by atoms with Gasteiger partial charge in [0.1, 0.15) is 0 Å². The lowest BCUT2D eigenvalue weighted by atomic mass is 10.1. The number of fused-ring (bicyclic) bond motifs is 1. The van der Waals surface area contributed by atoms with Crippen LogP contribution in [-0.4, -0.2) is 36.4 Å². The lowest BCUT2D eigenvalue weighted by Crippen LogP contribution is -2.37. The molecule has 1 saturated heterocycles. The molecular formula is C13H18N4OS. The van der Waals surface area contributed by atoms with E-state index in [4.69, 9.17) is 0 Å². The highest BCUT2D eigenvalue weighted by atomic mass is 32.2. The van der Waals surface area contributed by atoms with Gasteiger partial charge in [0.05, 0.1) is 6.04 Å². The van der Waals surface area contributed by atoms with Crippen LogP contribution in [0.4, 0.5) is 0 Å². The maximum atomic E-state index is 11.4. The van der Waals surface area contributed by atoms with Crippen LogP contribution in [-0.2, 0) is 10.8 Å². The van der Waals surface area contributed by atoms with Crippen LogP contribution >= 0.6 is 0 Å². The molecule has 1 aliphatic rings. The van der Waals surface area contributed by atoms with Crippen molar-refractivity contribution >= 4 is 16.4 Å². The zero-order valence-corrected chi connectivity index (χ0v) is 11.8. The Balaban J connectivity index is 1.73. The van der Waals surface area contributed by atoms with E-state index in [1.807, 2.05) is 28.8 Å². The van der Waals surface area contributed by atoms with Crippen LogP contribution in [0.1, 0.15) is 31.6 Å². The van der Waals surface area contributed by atoms with Crippen molar-refractivity contribution < 1.29 is 4.21 Å². The number of hydrogen-bond acceptors (Lipinski definition) is 4. The second-order valence-corrected chi connectivity index (χ2v) is 6.69. The van der Waals surface area contributed by atoms with Crippen LogP contribution in [0.2, 0.25) is 0 Å². The lowest BCUT2D eigenvalue weighted by Gasteiger charge is -2.25. The topological polar surface area (TPSA) is 59.3 Å². The summed E-state index contributed by atoms with van der Waals surface area (Å²) in [5, 5.41) is 12.0. The Morgan fingerprint density at radius 3 is 2.95 bits per heavy atom. The van der Waals surface area contributed by atoms with E-state index >= 15 is 0 Å². The SMILES string of the molecule is CC(NC1CCS(=O)CC1)c1nnc2ccccn12. The largest absolute Gasteiger partial charge is 0.305 e. The molecule has 0 aliphatic carbocycles. The zero-order valence-electron chi connectivity index (χ0n) is 11.0. The van der Waals surface area contributed by atoms with Gasteiger partial charge in [0, 0.05) is 34.5 Å². The molecule has 1 atom stereocenters. The summed E-state index contributed by atoms with van der Waals surface area (Å²) in [5.74, 6) is 2.55. The second-order valence-electron chi connectivity index (χ2n) is 5.00. The van der Waals surface area contributed by atoms with Crippen molar-refractivity contribution in [1.29, 1.82) is 0 Å². The molecule has 2 aromatic rings. The van der Waals surface area contributed by atoms with E-state index in [9.17, 15) is 4.21 Å². The van der Waals surface area contributed by atoms with Gasteiger partial charge in [0.15, 0.2) is 11.5 Å². The molecular weight excluding hydrogens is 260 g/mol. The standard InChI is InChI=1S/C13H18N4OS/c1-10(14-11-5-8-19(18)9-6-11)13-16-15-12-4-2-3-7-17(12)13/h2-4,7,10-11,14H,5-6,8-9H2,1H3. The smallest absolute Gasteiger partial charge is 0.160 e. The summed E-state index contributed by atoms with van der Waals surface area (Å²) >= 11 is 0. The van der Waals surface area contributed by atoms with Gasteiger partial charge in [-0.2, -0.15) is 0 Å². The number of hydrogen-bond donors (Lipinski definition) is 1. The Labute approximate surface area is 114 Å². The molecule has 0 radical (unpaired) electrons. The summed E-state index contributed by atoms with van der Waals surface area (Å²) in [6.45, 7) is 2.11. The Bertz CT molecular complexity index is 587. The Hall–Kier alpha value is -1.27. The van der Waals surface area contributed by atoms with Gasteiger partial charge in [0.25, 0.3) is 0 Å². The maximum Gasteiger partial charge on any atom is 0.160 e. The normalized spacial score (nSPS) is 25.5. The molecule has 2 aromatic heterocycles. The van der Waals surface area contributed by atoms with Crippen LogP contribution in [0.3, 0.4) is 0 Å². The van der Waals surface area contributed by atoms with Crippen LogP contribution < -0.4 is 5.32 Å². The Morgan fingerprint density at radius 1 is 1.37 bits per heavy atom. The highest BCUT2D eigenvalue weighted by molar-refractivity contribution is 7.85. The number of rotatable bonds is 3. The summed E-state index contributed by atoms with van der Waals surface area (Å²) in [7, 11) is -0.608. The Kier molecular flexibility index (Phi) is 3.61. The summed E-state index contributed by atoms with van der Waals surface area (Å²) in [6.07, 6.45) is 3.94. The van der Waals surface area contributed by atoms with Crippen molar-refractivity contribution in [3.8, 4) is 0 Å². The first-order valence-corrected chi connectivity index (χ1v) is 8.13. The molecule has 6 heteroatoms. The molecule has 3 heterocycles. The van der Waals surface area contributed by atoms with Gasteiger partial charge in [-0.1, -0.05) is 6.07 Å². The molecule has 1 aliphatic heterocycles. The number of aromatic nitrogens is 3. The first kappa shape index (κ1) is 12.7. The molecule has 5 nitrogen and oxygen atoms in total. The first-order chi connectivity index (χ1) is 9.24. The summed E-state index contributed by atoms with van der Waals surface area (Å²) in [6, 6.07) is 6.48. The van der Waals surface area contributed by atoms with Crippen LogP contribution in [0.15, 0.2) is 24.4 Å². The number of pyridine rings is 1. The maximum absolute atomic E-state index is 11.4. The second kappa shape index (κ2) is 5.38. The molecule has 19 heavy (non-hydrogen) atoms. The molecule has 0 amide bonds. The monoisotopic (exact) mass is 278 g/mol. The molecule has 1 fully saturated rings. The minimum absolute atomic E-state index is 0.147. The fraction of sp³-hybridized carbons (Fsp3) is 0.538. The van der Waals surface area contributed by atoms with Crippen molar-refractivity contribution in [2.45, 2.75) is 31.8 Å². The quantitative estimate of drug-likeness (QED) is 0.919. The Morgan fingerprint density at radius 2 is 2.16 bits per heavy atom. The van der Waals surface area contributed by atoms with Crippen molar-refractivity contribution in [3.63, 3.8) is 0 Å². The van der Waals surface area contributed by atoms with Gasteiger partial charge in [0.2, 0.25) is 0 Å². The molecule has 0 saturated carbocycles. The first-order valence-electron chi connectivity index (χ1n) is 6.65. The van der Waals surface area contributed by atoms with Crippen molar-refractivity contribution in [1.82, 2.24) is 19.9 Å². The van der Waals surface area contributed by atoms with E-state index in [0.29, 0.717) is 6.04 Å². The van der Waals surface area contributed by atoms with Gasteiger partial charge in [-0.3, -0.25) is 8.61 Å². The average Bonchev–Trinajstić information content (AvgIpc) is 2.85. The van der Waals surface area contributed by atoms with E-state index in [1.54, 1.807) is 0 Å². The third-order valence-corrected chi connectivity index (χ3v) is 4.98. The molecule has 1 N–H and O–H groups in total. The lowest BCUT2D eigenvalue weighted by molar-refractivity contribution is 0.414. The van der Waals surface area contributed by atoms with Gasteiger partial charge in [-0.15, -0.1) is 10.2 Å². The number of nitrogens with one attached hydrogen (secondary N) is 1. The van der Waals surface area contributed by atoms with Crippen molar-refractivity contribution in [2.75, 3.05) is 11.5 Å². The van der Waals surface area contributed by atoms with E-state index in [0.717, 1.165) is 35.8 Å². The zero-order chi connectivity index (χ0) is 13.2. The van der Waals surface area contributed by atoms with Gasteiger partial charge in [-0.05, 0) is 31.9 Å². The fourth-order valence-corrected chi connectivity index (χ4v) is 3.84. The van der Waals surface area contributed by atoms with Crippen LogP contribution in [0.5, 0.6) is 0 Å². The van der Waals surface area contributed by atoms with Crippen LogP contribution in [0.25, 0.3) is 5.65 Å². The van der Waals surface area contributed by atoms with E-state index in [2.05, 4.69) is 22.4 Å². The van der Waals surface area contributed by atoms with E-state index < -0.39 is 10.8 Å². The molecule has 0 spiro atoms. The predicted molar refractivity (Wildman–Crippen MR) is 75.4 cm³/mol. The minimum Gasteiger partial charge on any atom is -0.305 e. The highest BCUT2D eigenvalue weighted by Gasteiger charge is 2.21. The third-order valence-electron chi connectivity index (χ3n) is 3.60. The summed E-state index contributed by atoms with van der Waals surface area (Å²) in [4.78, 5) is 0. The predicted octanol–water partition coefficient (Wildman–Crippen LogP) is 1.29. The highest BCUT2D eigenvalue weighted by Crippen LogP contribution is 2.16. The number of nitrogens with zero attached hydrogens (tertiary/aromatic N) is 3. The van der Waals surface area contributed by atoms with Gasteiger partial charge < -0.3 is 5.32 Å². The van der Waals surface area contributed by atoms with Crippen molar-refractivity contribution in [2.24, 2.45) is 0 Å². The van der Waals surface area contributed by atoms with Crippen molar-refractivity contribution in [3.05, 3.63) is 30.2 Å². The molecule has 0 bridgehead atoms. The van der Waals surface area contributed by atoms with Crippen LogP contribution in [0, 0.1) is 0 Å². The molecule has 0 aromatic carbocycles. The summed E-state index contributed by atoms with van der Waals surface area (Å²) in [5.41, 5.74) is 0.871. The third kappa shape index (κ3) is 2.69. The fourth-order valence-electron chi connectivity index (χ4n) is 2.54. The molecule has 102 valence electrons. The molecule has 1 unspecified atom stereocenters. The van der Waals surface area contributed by atoms with Gasteiger partial charge in [-0.25, -0.2) is 0 Å². The van der Waals surface area contributed by atoms with Gasteiger partial charge >= 0.3 is 0 Å².